The van der Waals surface area contributed by atoms with E-state index in [1.165, 1.54) is 19.3 Å². The normalized spacial score (nSPS) is 15.5. The molecule has 0 amide bonds. The number of benzene rings is 2. The molecule has 28 heavy (non-hydrogen) atoms. The number of rotatable bonds is 5. The van der Waals surface area contributed by atoms with Gasteiger partial charge in [-0.3, -0.25) is 9.36 Å². The Morgan fingerprint density at radius 2 is 1.68 bits per heavy atom. The quantitative estimate of drug-likeness (QED) is 0.630. The van der Waals surface area contributed by atoms with Crippen molar-refractivity contribution in [1.29, 1.82) is 0 Å². The Hall–Kier alpha value is -2.43. The standard InChI is InChI=1S/C23H24ClN3O/c24-19-11-8-18(9-12-19)10-13-22-25-21-7-3-2-6-20(21)23(28)27(22)17-16-26-14-4-1-5-15-26/h2-3,6-13H,1,4-5,14-17H2/b13-10+. The van der Waals surface area contributed by atoms with E-state index in [-0.39, 0.29) is 5.56 Å². The van der Waals surface area contributed by atoms with Crippen LogP contribution in [0.1, 0.15) is 30.7 Å². The van der Waals surface area contributed by atoms with E-state index >= 15 is 0 Å². The Kier molecular flexibility index (Phi) is 5.89. The molecule has 1 aliphatic rings. The monoisotopic (exact) mass is 393 g/mol. The van der Waals surface area contributed by atoms with Gasteiger partial charge in [-0.2, -0.15) is 0 Å². The Bertz CT molecular complexity index is 1030. The zero-order chi connectivity index (χ0) is 19.3. The Morgan fingerprint density at radius 1 is 0.929 bits per heavy atom. The zero-order valence-electron chi connectivity index (χ0n) is 15.9. The molecule has 0 N–H and O–H groups in total. The second-order valence-corrected chi connectivity index (χ2v) is 7.67. The third kappa shape index (κ3) is 4.34. The fourth-order valence-corrected chi connectivity index (χ4v) is 3.82. The third-order valence-corrected chi connectivity index (χ3v) is 5.53. The van der Waals surface area contributed by atoms with Crippen LogP contribution in [0.25, 0.3) is 23.1 Å². The molecule has 2 aromatic carbocycles. The molecule has 1 aliphatic heterocycles. The van der Waals surface area contributed by atoms with Crippen molar-refractivity contribution in [2.75, 3.05) is 19.6 Å². The van der Waals surface area contributed by atoms with Crippen LogP contribution in [0.2, 0.25) is 5.02 Å². The molecular weight excluding hydrogens is 370 g/mol. The van der Waals surface area contributed by atoms with Crippen LogP contribution in [0.5, 0.6) is 0 Å². The summed E-state index contributed by atoms with van der Waals surface area (Å²) in [5, 5.41) is 1.38. The summed E-state index contributed by atoms with van der Waals surface area (Å²) in [6.07, 6.45) is 7.70. The van der Waals surface area contributed by atoms with Crippen molar-refractivity contribution in [2.24, 2.45) is 0 Å². The Balaban J connectivity index is 1.68. The molecule has 1 fully saturated rings. The average Bonchev–Trinajstić information content (AvgIpc) is 2.74. The number of piperidine rings is 1. The van der Waals surface area contributed by atoms with Crippen LogP contribution in [0.15, 0.2) is 53.3 Å². The number of hydrogen-bond acceptors (Lipinski definition) is 3. The first-order chi connectivity index (χ1) is 13.7. The minimum absolute atomic E-state index is 0.0263. The van der Waals surface area contributed by atoms with E-state index in [1.807, 2.05) is 65.3 Å². The van der Waals surface area contributed by atoms with Crippen molar-refractivity contribution in [1.82, 2.24) is 14.5 Å². The lowest BCUT2D eigenvalue weighted by molar-refractivity contribution is 0.219. The molecular formula is C23H24ClN3O. The largest absolute Gasteiger partial charge is 0.302 e. The predicted molar refractivity (Wildman–Crippen MR) is 117 cm³/mol. The number of likely N-dealkylation sites (tertiary alicyclic amines) is 1. The number of hydrogen-bond donors (Lipinski definition) is 0. The highest BCUT2D eigenvalue weighted by Crippen LogP contribution is 2.14. The molecule has 4 rings (SSSR count). The molecule has 0 aliphatic carbocycles. The first kappa shape index (κ1) is 18.9. The van der Waals surface area contributed by atoms with Crippen LogP contribution in [0.3, 0.4) is 0 Å². The second kappa shape index (κ2) is 8.72. The van der Waals surface area contributed by atoms with E-state index in [9.17, 15) is 4.79 Å². The molecule has 2 heterocycles. The summed E-state index contributed by atoms with van der Waals surface area (Å²) in [6.45, 7) is 3.76. The van der Waals surface area contributed by atoms with E-state index in [0.717, 1.165) is 30.7 Å². The van der Waals surface area contributed by atoms with E-state index < -0.39 is 0 Å². The summed E-state index contributed by atoms with van der Waals surface area (Å²) in [6, 6.07) is 15.2. The maximum absolute atomic E-state index is 13.1. The highest BCUT2D eigenvalue weighted by molar-refractivity contribution is 6.30. The summed E-state index contributed by atoms with van der Waals surface area (Å²) in [4.78, 5) is 20.3. The van der Waals surface area contributed by atoms with Crippen molar-refractivity contribution in [3.63, 3.8) is 0 Å². The Labute approximate surface area is 170 Å². The lowest BCUT2D eigenvalue weighted by Gasteiger charge is -2.26. The summed E-state index contributed by atoms with van der Waals surface area (Å²) >= 11 is 5.97. The highest BCUT2D eigenvalue weighted by Gasteiger charge is 2.13. The van der Waals surface area contributed by atoms with Crippen LogP contribution in [-0.4, -0.2) is 34.1 Å². The number of para-hydroxylation sites is 1. The highest BCUT2D eigenvalue weighted by atomic mass is 35.5. The molecule has 1 aromatic heterocycles. The van der Waals surface area contributed by atoms with Gasteiger partial charge in [-0.05, 0) is 61.8 Å². The SMILES string of the molecule is O=c1c2ccccc2nc(/C=C/c2ccc(Cl)cc2)n1CCN1CCCCC1. The fourth-order valence-electron chi connectivity index (χ4n) is 3.70. The molecule has 0 bridgehead atoms. The lowest BCUT2D eigenvalue weighted by Crippen LogP contribution is -2.35. The summed E-state index contributed by atoms with van der Waals surface area (Å²) in [7, 11) is 0. The van der Waals surface area contributed by atoms with Crippen LogP contribution in [0, 0.1) is 0 Å². The van der Waals surface area contributed by atoms with Crippen molar-refractivity contribution >= 4 is 34.7 Å². The van der Waals surface area contributed by atoms with Crippen molar-refractivity contribution in [3.8, 4) is 0 Å². The van der Waals surface area contributed by atoms with Crippen LogP contribution >= 0.6 is 11.6 Å². The molecule has 4 nitrogen and oxygen atoms in total. The van der Waals surface area contributed by atoms with Gasteiger partial charge in [-0.1, -0.05) is 48.4 Å². The molecule has 144 valence electrons. The maximum Gasteiger partial charge on any atom is 0.261 e. The lowest BCUT2D eigenvalue weighted by atomic mass is 10.1. The number of nitrogens with zero attached hydrogens (tertiary/aromatic N) is 3. The van der Waals surface area contributed by atoms with Crippen LogP contribution in [-0.2, 0) is 6.54 Å². The van der Waals surface area contributed by atoms with Crippen molar-refractivity contribution < 1.29 is 0 Å². The van der Waals surface area contributed by atoms with Gasteiger partial charge < -0.3 is 4.90 Å². The van der Waals surface area contributed by atoms with Crippen molar-refractivity contribution in [3.05, 3.63) is 75.3 Å². The van der Waals surface area contributed by atoms with Gasteiger partial charge in [0.1, 0.15) is 5.82 Å². The molecule has 0 unspecified atom stereocenters. The van der Waals surface area contributed by atoms with Gasteiger partial charge in [-0.25, -0.2) is 4.98 Å². The molecule has 0 radical (unpaired) electrons. The average molecular weight is 394 g/mol. The molecule has 0 spiro atoms. The predicted octanol–water partition coefficient (Wildman–Crippen LogP) is 4.71. The van der Waals surface area contributed by atoms with Crippen LogP contribution < -0.4 is 5.56 Å². The van der Waals surface area contributed by atoms with Crippen LogP contribution in [0.4, 0.5) is 0 Å². The summed E-state index contributed by atoms with van der Waals surface area (Å²) in [5.41, 5.74) is 1.78. The van der Waals surface area contributed by atoms with Gasteiger partial charge in [-0.15, -0.1) is 0 Å². The number of halogens is 1. The van der Waals surface area contributed by atoms with Gasteiger partial charge in [0.25, 0.3) is 5.56 Å². The van der Waals surface area contributed by atoms with Gasteiger partial charge in [0.15, 0.2) is 0 Å². The topological polar surface area (TPSA) is 38.1 Å². The fraction of sp³-hybridized carbons (Fsp3) is 0.304. The first-order valence-electron chi connectivity index (χ1n) is 9.86. The van der Waals surface area contributed by atoms with E-state index in [4.69, 9.17) is 16.6 Å². The molecule has 5 heteroatoms. The van der Waals surface area contributed by atoms with Gasteiger partial charge in [0, 0.05) is 18.1 Å². The Morgan fingerprint density at radius 3 is 2.46 bits per heavy atom. The zero-order valence-corrected chi connectivity index (χ0v) is 16.6. The maximum atomic E-state index is 13.1. The second-order valence-electron chi connectivity index (χ2n) is 7.23. The molecule has 3 aromatic rings. The number of aromatic nitrogens is 2. The smallest absolute Gasteiger partial charge is 0.261 e. The van der Waals surface area contributed by atoms with E-state index in [2.05, 4.69) is 4.90 Å². The number of fused-ring (bicyclic) bond motifs is 1. The molecule has 0 atom stereocenters. The third-order valence-electron chi connectivity index (χ3n) is 5.27. The minimum atomic E-state index is 0.0263. The van der Waals surface area contributed by atoms with Gasteiger partial charge in [0.2, 0.25) is 0 Å². The van der Waals surface area contributed by atoms with Gasteiger partial charge >= 0.3 is 0 Å². The van der Waals surface area contributed by atoms with Gasteiger partial charge in [0.05, 0.1) is 10.9 Å². The van der Waals surface area contributed by atoms with E-state index in [0.29, 0.717) is 22.8 Å². The summed E-state index contributed by atoms with van der Waals surface area (Å²) < 4.78 is 1.81. The first-order valence-corrected chi connectivity index (χ1v) is 10.2. The molecule has 0 saturated carbocycles. The minimum Gasteiger partial charge on any atom is -0.302 e. The summed E-state index contributed by atoms with van der Waals surface area (Å²) in [5.74, 6) is 0.690. The molecule has 1 saturated heterocycles. The van der Waals surface area contributed by atoms with E-state index in [1.54, 1.807) is 0 Å². The van der Waals surface area contributed by atoms with Crippen molar-refractivity contribution in [2.45, 2.75) is 25.8 Å².